The van der Waals surface area contributed by atoms with Gasteiger partial charge < -0.3 is 10.2 Å². The van der Waals surface area contributed by atoms with Crippen LogP contribution < -0.4 is 5.32 Å². The van der Waals surface area contributed by atoms with Crippen LogP contribution in [0, 0.1) is 16.4 Å². The van der Waals surface area contributed by atoms with E-state index in [1.807, 2.05) is 0 Å². The lowest BCUT2D eigenvalue weighted by Gasteiger charge is -2.45. The number of aryl methyl sites for hydroxylation is 1. The third-order valence-electron chi connectivity index (χ3n) is 4.18. The van der Waals surface area contributed by atoms with Crippen molar-refractivity contribution < 1.29 is 0 Å². The molecule has 92 valence electrons. The molecule has 1 N–H and O–H groups in total. The van der Waals surface area contributed by atoms with Gasteiger partial charge in [0.25, 0.3) is 0 Å². The molecule has 0 spiro atoms. The van der Waals surface area contributed by atoms with Gasteiger partial charge in [-0.25, -0.2) is 0 Å². The van der Waals surface area contributed by atoms with Crippen LogP contribution in [0.15, 0.2) is 18.2 Å². The molecule has 2 bridgehead atoms. The molecule has 0 saturated carbocycles. The maximum Gasteiger partial charge on any atom is 0.0417 e. The van der Waals surface area contributed by atoms with Crippen LogP contribution in [0.1, 0.15) is 18.4 Å². The summed E-state index contributed by atoms with van der Waals surface area (Å²) in [6.45, 7) is 6.03. The number of anilines is 1. The zero-order valence-electron chi connectivity index (χ0n) is 10.2. The quantitative estimate of drug-likeness (QED) is 0.831. The fourth-order valence-corrected chi connectivity index (χ4v) is 3.54. The molecule has 3 fully saturated rings. The fourth-order valence-electron chi connectivity index (χ4n) is 3.03. The van der Waals surface area contributed by atoms with Gasteiger partial charge in [-0.3, -0.25) is 0 Å². The van der Waals surface area contributed by atoms with E-state index in [9.17, 15) is 0 Å². The molecular weight excluding hydrogens is 323 g/mol. The van der Waals surface area contributed by atoms with Gasteiger partial charge in [0.15, 0.2) is 0 Å². The predicted octanol–water partition coefficient (Wildman–Crippen LogP) is 3.11. The number of fused-ring (bicyclic) bond motifs is 3. The third kappa shape index (κ3) is 2.45. The van der Waals surface area contributed by atoms with Gasteiger partial charge in [-0.05, 0) is 79.1 Å². The lowest BCUT2D eigenvalue weighted by molar-refractivity contribution is 0.0975. The molecule has 0 aromatic heterocycles. The summed E-state index contributed by atoms with van der Waals surface area (Å²) in [5.41, 5.74) is 2.66. The average Bonchev–Trinajstić information content (AvgIpc) is 2.35. The zero-order chi connectivity index (χ0) is 11.8. The van der Waals surface area contributed by atoms with Gasteiger partial charge >= 0.3 is 0 Å². The van der Waals surface area contributed by atoms with E-state index in [2.05, 4.69) is 57.9 Å². The van der Waals surface area contributed by atoms with Crippen molar-refractivity contribution in [2.24, 2.45) is 5.92 Å². The smallest absolute Gasteiger partial charge is 0.0417 e. The maximum atomic E-state index is 3.73. The Bertz CT molecular complexity index is 411. The van der Waals surface area contributed by atoms with Gasteiger partial charge in [-0.2, -0.15) is 0 Å². The summed E-state index contributed by atoms with van der Waals surface area (Å²) >= 11 is 2.42. The standard InChI is InChI=1S/C14H19IN2/c1-10-2-3-12(8-13(10)15)16-14-9-17-6-4-11(14)5-7-17/h2-3,8,11,14,16H,4-7,9H2,1H3. The Morgan fingerprint density at radius 2 is 2.06 bits per heavy atom. The van der Waals surface area contributed by atoms with E-state index >= 15 is 0 Å². The zero-order valence-corrected chi connectivity index (χ0v) is 12.4. The summed E-state index contributed by atoms with van der Waals surface area (Å²) in [5.74, 6) is 0.888. The van der Waals surface area contributed by atoms with Gasteiger partial charge in [0.05, 0.1) is 0 Å². The van der Waals surface area contributed by atoms with Crippen molar-refractivity contribution in [3.05, 3.63) is 27.3 Å². The SMILES string of the molecule is Cc1ccc(NC2CN3CCC2CC3)cc1I. The molecule has 0 radical (unpaired) electrons. The third-order valence-corrected chi connectivity index (χ3v) is 5.34. The molecule has 3 aliphatic heterocycles. The second-order valence-electron chi connectivity index (χ2n) is 5.35. The molecule has 3 saturated heterocycles. The summed E-state index contributed by atoms with van der Waals surface area (Å²) < 4.78 is 1.36. The molecule has 17 heavy (non-hydrogen) atoms. The van der Waals surface area contributed by atoms with Crippen LogP contribution in [-0.2, 0) is 0 Å². The first-order valence-corrected chi connectivity index (χ1v) is 7.55. The Hall–Kier alpha value is -0.290. The van der Waals surface area contributed by atoms with Gasteiger partial charge in [-0.1, -0.05) is 6.07 Å². The minimum atomic E-state index is 0.663. The molecule has 1 atom stereocenters. The molecule has 1 unspecified atom stereocenters. The minimum absolute atomic E-state index is 0.663. The molecule has 3 aliphatic rings. The van der Waals surface area contributed by atoms with E-state index < -0.39 is 0 Å². The van der Waals surface area contributed by atoms with E-state index in [0.717, 1.165) is 5.92 Å². The van der Waals surface area contributed by atoms with E-state index in [-0.39, 0.29) is 0 Å². The molecule has 3 heteroatoms. The number of hydrogen-bond donors (Lipinski definition) is 1. The van der Waals surface area contributed by atoms with Crippen molar-refractivity contribution in [3.63, 3.8) is 0 Å². The number of nitrogens with one attached hydrogen (secondary N) is 1. The lowest BCUT2D eigenvalue weighted by Crippen LogP contribution is -2.53. The summed E-state index contributed by atoms with van der Waals surface area (Å²) in [4.78, 5) is 2.59. The molecule has 4 rings (SSSR count). The van der Waals surface area contributed by atoms with Gasteiger partial charge in [0.2, 0.25) is 0 Å². The largest absolute Gasteiger partial charge is 0.381 e. The first-order chi connectivity index (χ1) is 8.22. The van der Waals surface area contributed by atoms with Gasteiger partial charge in [0, 0.05) is 21.8 Å². The number of benzene rings is 1. The highest BCUT2D eigenvalue weighted by Crippen LogP contribution is 2.30. The molecule has 1 aromatic carbocycles. The lowest BCUT2D eigenvalue weighted by atomic mass is 9.84. The summed E-state index contributed by atoms with van der Waals surface area (Å²) in [7, 11) is 0. The summed E-state index contributed by atoms with van der Waals surface area (Å²) in [6, 6.07) is 7.37. The molecule has 2 nitrogen and oxygen atoms in total. The van der Waals surface area contributed by atoms with E-state index in [1.165, 1.54) is 47.3 Å². The summed E-state index contributed by atoms with van der Waals surface area (Å²) in [6.07, 6.45) is 2.75. The van der Waals surface area contributed by atoms with Crippen molar-refractivity contribution in [2.75, 3.05) is 25.0 Å². The van der Waals surface area contributed by atoms with Crippen LogP contribution >= 0.6 is 22.6 Å². The Kier molecular flexibility index (Phi) is 3.30. The van der Waals surface area contributed by atoms with Crippen molar-refractivity contribution >= 4 is 28.3 Å². The molecule has 1 aromatic rings. The van der Waals surface area contributed by atoms with Crippen LogP contribution in [0.5, 0.6) is 0 Å². The van der Waals surface area contributed by atoms with Crippen LogP contribution in [0.25, 0.3) is 0 Å². The van der Waals surface area contributed by atoms with Crippen molar-refractivity contribution in [1.29, 1.82) is 0 Å². The first-order valence-electron chi connectivity index (χ1n) is 6.47. The van der Waals surface area contributed by atoms with Crippen molar-refractivity contribution in [2.45, 2.75) is 25.8 Å². The van der Waals surface area contributed by atoms with Crippen molar-refractivity contribution in [1.82, 2.24) is 4.90 Å². The van der Waals surface area contributed by atoms with E-state index in [1.54, 1.807) is 0 Å². The monoisotopic (exact) mass is 342 g/mol. The second-order valence-corrected chi connectivity index (χ2v) is 6.52. The molecule has 0 aliphatic carbocycles. The van der Waals surface area contributed by atoms with E-state index in [4.69, 9.17) is 0 Å². The van der Waals surface area contributed by atoms with Crippen LogP contribution in [0.3, 0.4) is 0 Å². The van der Waals surface area contributed by atoms with E-state index in [0.29, 0.717) is 6.04 Å². The molecule has 3 heterocycles. The normalized spacial score (nSPS) is 31.5. The Balaban J connectivity index is 1.72. The fraction of sp³-hybridized carbons (Fsp3) is 0.571. The second kappa shape index (κ2) is 4.76. The molecule has 0 amide bonds. The Morgan fingerprint density at radius 3 is 2.65 bits per heavy atom. The highest BCUT2D eigenvalue weighted by atomic mass is 127. The van der Waals surface area contributed by atoms with Gasteiger partial charge in [0.1, 0.15) is 0 Å². The van der Waals surface area contributed by atoms with Crippen LogP contribution in [0.4, 0.5) is 5.69 Å². The number of hydrogen-bond acceptors (Lipinski definition) is 2. The number of nitrogens with zero attached hydrogens (tertiary/aromatic N) is 1. The predicted molar refractivity (Wildman–Crippen MR) is 80.5 cm³/mol. The number of halogens is 1. The highest BCUT2D eigenvalue weighted by molar-refractivity contribution is 14.1. The number of piperidine rings is 3. The highest BCUT2D eigenvalue weighted by Gasteiger charge is 2.33. The molecular formula is C14H19IN2. The Morgan fingerprint density at radius 1 is 1.29 bits per heavy atom. The summed E-state index contributed by atoms with van der Waals surface area (Å²) in [5, 5.41) is 3.73. The van der Waals surface area contributed by atoms with Gasteiger partial charge in [-0.15, -0.1) is 0 Å². The average molecular weight is 342 g/mol. The van der Waals surface area contributed by atoms with Crippen LogP contribution in [0.2, 0.25) is 0 Å². The first kappa shape index (κ1) is 11.8. The maximum absolute atomic E-state index is 3.73. The van der Waals surface area contributed by atoms with Crippen LogP contribution in [-0.4, -0.2) is 30.6 Å². The van der Waals surface area contributed by atoms with Crippen molar-refractivity contribution in [3.8, 4) is 0 Å². The minimum Gasteiger partial charge on any atom is -0.381 e. The topological polar surface area (TPSA) is 15.3 Å². The Labute approximate surface area is 117 Å². The number of rotatable bonds is 2.